The van der Waals surface area contributed by atoms with E-state index in [2.05, 4.69) is 19.2 Å². The van der Waals surface area contributed by atoms with E-state index in [1.165, 1.54) is 0 Å². The molecule has 1 aromatic rings. The summed E-state index contributed by atoms with van der Waals surface area (Å²) in [6.45, 7) is 4.45. The van der Waals surface area contributed by atoms with E-state index in [1.54, 1.807) is 12.1 Å². The molecular weight excluding hydrogens is 213 g/mol. The van der Waals surface area contributed by atoms with Crippen molar-refractivity contribution in [3.05, 3.63) is 35.6 Å². The second kappa shape index (κ2) is 4.77. The quantitative estimate of drug-likeness (QED) is 0.839. The van der Waals surface area contributed by atoms with Crippen molar-refractivity contribution in [2.45, 2.75) is 45.1 Å². The van der Waals surface area contributed by atoms with Gasteiger partial charge in [-0.1, -0.05) is 32.0 Å². The van der Waals surface area contributed by atoms with E-state index in [0.29, 0.717) is 12.0 Å². The monoisotopic (exact) mass is 235 g/mol. The fourth-order valence-electron chi connectivity index (χ4n) is 3.62. The number of hydrogen-bond donors (Lipinski definition) is 1. The minimum atomic E-state index is -0.0432. The normalized spacial score (nSPS) is 26.6. The molecule has 1 fully saturated rings. The summed E-state index contributed by atoms with van der Waals surface area (Å²) in [5.41, 5.74) is 1.14. The molecule has 94 valence electrons. The lowest BCUT2D eigenvalue weighted by molar-refractivity contribution is 0.0227. The van der Waals surface area contributed by atoms with Crippen LogP contribution in [0.25, 0.3) is 0 Å². The summed E-state index contributed by atoms with van der Waals surface area (Å²) < 4.78 is 13.9. The van der Waals surface area contributed by atoms with Crippen LogP contribution in [0.15, 0.2) is 24.3 Å². The highest BCUT2D eigenvalue weighted by Gasteiger charge is 2.52. The molecule has 2 heteroatoms. The Balaban J connectivity index is 2.32. The van der Waals surface area contributed by atoms with Gasteiger partial charge in [0.25, 0.3) is 0 Å². The van der Waals surface area contributed by atoms with Crippen LogP contribution in [-0.2, 0) is 0 Å². The van der Waals surface area contributed by atoms with Gasteiger partial charge in [-0.2, -0.15) is 0 Å². The van der Waals surface area contributed by atoms with Crippen molar-refractivity contribution in [3.8, 4) is 0 Å². The van der Waals surface area contributed by atoms with E-state index in [4.69, 9.17) is 0 Å². The molecule has 0 saturated heterocycles. The third-order valence-corrected chi connectivity index (χ3v) is 4.80. The van der Waals surface area contributed by atoms with Crippen molar-refractivity contribution >= 4 is 0 Å². The van der Waals surface area contributed by atoms with Crippen LogP contribution in [0.4, 0.5) is 4.39 Å². The topological polar surface area (TPSA) is 12.0 Å². The highest BCUT2D eigenvalue weighted by molar-refractivity contribution is 5.29. The lowest BCUT2D eigenvalue weighted by Gasteiger charge is -2.56. The molecule has 0 radical (unpaired) electrons. The fourth-order valence-corrected chi connectivity index (χ4v) is 3.62. The van der Waals surface area contributed by atoms with E-state index in [0.717, 1.165) is 24.8 Å². The van der Waals surface area contributed by atoms with Gasteiger partial charge in [0.05, 0.1) is 0 Å². The number of halogens is 1. The minimum Gasteiger partial charge on any atom is -0.316 e. The summed E-state index contributed by atoms with van der Waals surface area (Å²) in [5, 5.41) is 3.39. The number of rotatable bonds is 4. The van der Waals surface area contributed by atoms with Crippen LogP contribution in [0.2, 0.25) is 0 Å². The Morgan fingerprint density at radius 2 is 1.94 bits per heavy atom. The average Bonchev–Trinajstić information content (AvgIpc) is 2.33. The summed E-state index contributed by atoms with van der Waals surface area (Å²) in [6, 6.07) is 7.78. The number of hydrogen-bond acceptors (Lipinski definition) is 1. The van der Waals surface area contributed by atoms with Crippen molar-refractivity contribution in [2.75, 3.05) is 7.05 Å². The molecule has 1 aromatic carbocycles. The van der Waals surface area contributed by atoms with Gasteiger partial charge >= 0.3 is 0 Å². The molecule has 17 heavy (non-hydrogen) atoms. The summed E-state index contributed by atoms with van der Waals surface area (Å²) in [6.07, 6.45) is 3.27. The second-order valence-electron chi connectivity index (χ2n) is 5.09. The molecule has 1 aliphatic rings. The molecule has 0 bridgehead atoms. The van der Waals surface area contributed by atoms with Gasteiger partial charge in [0.15, 0.2) is 0 Å². The molecule has 2 rings (SSSR count). The molecule has 1 N–H and O–H groups in total. The van der Waals surface area contributed by atoms with Crippen LogP contribution in [0.3, 0.4) is 0 Å². The van der Waals surface area contributed by atoms with E-state index < -0.39 is 0 Å². The third kappa shape index (κ3) is 1.79. The van der Waals surface area contributed by atoms with Gasteiger partial charge in [-0.3, -0.25) is 0 Å². The maximum Gasteiger partial charge on any atom is 0.126 e. The van der Waals surface area contributed by atoms with Crippen molar-refractivity contribution < 1.29 is 4.39 Å². The first-order chi connectivity index (χ1) is 8.19. The molecule has 2 unspecified atom stereocenters. The van der Waals surface area contributed by atoms with E-state index in [9.17, 15) is 4.39 Å². The van der Waals surface area contributed by atoms with Gasteiger partial charge in [0.2, 0.25) is 0 Å². The zero-order valence-electron chi connectivity index (χ0n) is 11.0. The van der Waals surface area contributed by atoms with Gasteiger partial charge in [-0.25, -0.2) is 4.39 Å². The highest BCUT2D eigenvalue weighted by Crippen LogP contribution is 2.57. The Morgan fingerprint density at radius 1 is 1.29 bits per heavy atom. The maximum absolute atomic E-state index is 13.9. The summed E-state index contributed by atoms with van der Waals surface area (Å²) in [4.78, 5) is 0. The van der Waals surface area contributed by atoms with Crippen molar-refractivity contribution in [1.82, 2.24) is 5.32 Å². The first-order valence-electron chi connectivity index (χ1n) is 6.61. The highest BCUT2D eigenvalue weighted by atomic mass is 19.1. The summed E-state index contributed by atoms with van der Waals surface area (Å²) >= 11 is 0. The first kappa shape index (κ1) is 12.6. The van der Waals surface area contributed by atoms with Gasteiger partial charge in [-0.05, 0) is 49.3 Å². The van der Waals surface area contributed by atoms with Crippen molar-refractivity contribution in [2.24, 2.45) is 5.41 Å². The summed E-state index contributed by atoms with van der Waals surface area (Å²) in [5.74, 6) is 0.328. The van der Waals surface area contributed by atoms with Crippen molar-refractivity contribution in [1.29, 1.82) is 0 Å². The smallest absolute Gasteiger partial charge is 0.126 e. The zero-order chi connectivity index (χ0) is 12.5. The largest absolute Gasteiger partial charge is 0.316 e. The second-order valence-corrected chi connectivity index (χ2v) is 5.09. The molecule has 1 nitrogen and oxygen atoms in total. The van der Waals surface area contributed by atoms with E-state index in [1.807, 2.05) is 19.2 Å². The standard InChI is InChI=1S/C15H22FN/c1-4-15(5-2)12(10-14(15)17-3)11-8-6-7-9-13(11)16/h6-9,12,14,17H,4-5,10H2,1-3H3. The maximum atomic E-state index is 13.9. The number of benzene rings is 1. The third-order valence-electron chi connectivity index (χ3n) is 4.80. The van der Waals surface area contributed by atoms with Crippen LogP contribution in [0.5, 0.6) is 0 Å². The molecular formula is C15H22FN. The van der Waals surface area contributed by atoms with Crippen LogP contribution in [-0.4, -0.2) is 13.1 Å². The Hall–Kier alpha value is -0.890. The molecule has 1 aliphatic carbocycles. The van der Waals surface area contributed by atoms with Gasteiger partial charge in [-0.15, -0.1) is 0 Å². The fraction of sp³-hybridized carbons (Fsp3) is 0.600. The van der Waals surface area contributed by atoms with Crippen LogP contribution in [0, 0.1) is 11.2 Å². The van der Waals surface area contributed by atoms with E-state index >= 15 is 0 Å². The molecule has 0 heterocycles. The van der Waals surface area contributed by atoms with E-state index in [-0.39, 0.29) is 11.2 Å². The predicted octanol–water partition coefficient (Wildman–Crippen LogP) is 3.71. The Labute approximate surface area is 103 Å². The van der Waals surface area contributed by atoms with Gasteiger partial charge in [0, 0.05) is 6.04 Å². The Bertz CT molecular complexity index is 384. The summed E-state index contributed by atoms with van der Waals surface area (Å²) in [7, 11) is 2.02. The molecule has 0 spiro atoms. The van der Waals surface area contributed by atoms with Crippen LogP contribution in [0.1, 0.15) is 44.6 Å². The Kier molecular flexibility index (Phi) is 3.53. The lowest BCUT2D eigenvalue weighted by Crippen LogP contribution is -2.57. The van der Waals surface area contributed by atoms with Gasteiger partial charge in [0.1, 0.15) is 5.82 Å². The SMILES string of the molecule is CCC1(CC)C(NC)CC1c1ccccc1F. The molecule has 0 amide bonds. The predicted molar refractivity (Wildman–Crippen MR) is 69.6 cm³/mol. The molecule has 0 aromatic heterocycles. The zero-order valence-corrected chi connectivity index (χ0v) is 11.0. The van der Waals surface area contributed by atoms with Crippen LogP contribution >= 0.6 is 0 Å². The minimum absolute atomic E-state index is 0.0432. The molecule has 2 atom stereocenters. The first-order valence-corrected chi connectivity index (χ1v) is 6.61. The number of nitrogens with one attached hydrogen (secondary N) is 1. The van der Waals surface area contributed by atoms with Gasteiger partial charge < -0.3 is 5.32 Å². The molecule has 0 aliphatic heterocycles. The van der Waals surface area contributed by atoms with Crippen LogP contribution < -0.4 is 5.32 Å². The Morgan fingerprint density at radius 3 is 2.47 bits per heavy atom. The molecule has 1 saturated carbocycles. The average molecular weight is 235 g/mol. The van der Waals surface area contributed by atoms with Crippen molar-refractivity contribution in [3.63, 3.8) is 0 Å². The lowest BCUT2D eigenvalue weighted by atomic mass is 9.52.